The summed E-state index contributed by atoms with van der Waals surface area (Å²) >= 11 is 0. The smallest absolute Gasteiger partial charge is 0.357 e. The molecule has 23 heavy (non-hydrogen) atoms. The number of halogens is 3. The Morgan fingerprint density at radius 3 is 2.83 bits per heavy atom. The number of aromatic nitrogens is 3. The second-order valence-corrected chi connectivity index (χ2v) is 5.81. The molecule has 2 N–H and O–H groups in total. The third-order valence-corrected chi connectivity index (χ3v) is 4.17. The molecule has 5 nitrogen and oxygen atoms in total. The maximum absolute atomic E-state index is 12.7. The van der Waals surface area contributed by atoms with Gasteiger partial charge in [0, 0.05) is 25.2 Å². The number of aryl methyl sites for hydroxylation is 1. The summed E-state index contributed by atoms with van der Waals surface area (Å²) in [6.07, 6.45) is -0.481. The maximum Gasteiger partial charge on any atom is 0.432 e. The van der Waals surface area contributed by atoms with E-state index in [0.29, 0.717) is 25.2 Å². The molecular formula is C15H17F3N4O. The second-order valence-electron chi connectivity index (χ2n) is 5.81. The molecule has 3 rings (SSSR count). The number of imidazole rings is 1. The van der Waals surface area contributed by atoms with Crippen LogP contribution in [0.25, 0.3) is 0 Å². The fraction of sp³-hybridized carbons (Fsp3) is 0.467. The van der Waals surface area contributed by atoms with Crippen molar-refractivity contribution >= 4 is 5.91 Å². The van der Waals surface area contributed by atoms with Gasteiger partial charge in [-0.25, -0.2) is 4.98 Å². The number of amides is 1. The summed E-state index contributed by atoms with van der Waals surface area (Å²) in [7, 11) is 0. The molecule has 3 heterocycles. The first-order valence-electron chi connectivity index (χ1n) is 7.41. The first-order valence-corrected chi connectivity index (χ1v) is 7.41. The van der Waals surface area contributed by atoms with Crippen LogP contribution in [0.3, 0.4) is 0 Å². The van der Waals surface area contributed by atoms with Crippen LogP contribution in [0.1, 0.15) is 46.3 Å². The molecule has 2 aromatic rings. The molecule has 0 radical (unpaired) electrons. The van der Waals surface area contributed by atoms with Gasteiger partial charge in [0.1, 0.15) is 17.2 Å². The number of carbonyl (C=O) groups is 1. The molecule has 1 amide bonds. The molecule has 0 spiro atoms. The van der Waals surface area contributed by atoms with E-state index in [0.717, 1.165) is 18.2 Å². The van der Waals surface area contributed by atoms with E-state index < -0.39 is 11.9 Å². The Balaban J connectivity index is 1.75. The van der Waals surface area contributed by atoms with Crippen LogP contribution in [0.15, 0.2) is 18.5 Å². The SMILES string of the molecule is Cc1cc[nH]c1C(=O)N1CCC[C@@H](c2ncc(C(F)(F)F)[nH]2)C1. The van der Waals surface area contributed by atoms with Crippen LogP contribution in [-0.2, 0) is 6.18 Å². The lowest BCUT2D eigenvalue weighted by molar-refractivity contribution is -0.141. The third kappa shape index (κ3) is 3.11. The molecule has 0 aliphatic carbocycles. The van der Waals surface area contributed by atoms with Crippen molar-refractivity contribution in [3.05, 3.63) is 41.2 Å². The molecule has 1 fully saturated rings. The normalized spacial score (nSPS) is 19.1. The van der Waals surface area contributed by atoms with Gasteiger partial charge in [-0.1, -0.05) is 0 Å². The van der Waals surface area contributed by atoms with E-state index in [4.69, 9.17) is 0 Å². The molecule has 1 saturated heterocycles. The van der Waals surface area contributed by atoms with Crippen molar-refractivity contribution in [1.29, 1.82) is 0 Å². The number of alkyl halides is 3. The molecule has 0 unspecified atom stereocenters. The lowest BCUT2D eigenvalue weighted by atomic mass is 9.97. The first kappa shape index (κ1) is 15.6. The first-order chi connectivity index (χ1) is 10.9. The van der Waals surface area contributed by atoms with Crippen molar-refractivity contribution in [2.45, 2.75) is 31.9 Å². The Morgan fingerprint density at radius 2 is 2.22 bits per heavy atom. The molecule has 1 aliphatic heterocycles. The molecule has 2 aromatic heterocycles. The summed E-state index contributed by atoms with van der Waals surface area (Å²) in [5, 5.41) is 0. The molecule has 0 aromatic carbocycles. The highest BCUT2D eigenvalue weighted by Gasteiger charge is 2.35. The molecule has 124 valence electrons. The quantitative estimate of drug-likeness (QED) is 0.891. The Labute approximate surface area is 130 Å². The van der Waals surface area contributed by atoms with Gasteiger partial charge >= 0.3 is 6.18 Å². The fourth-order valence-electron chi connectivity index (χ4n) is 2.91. The van der Waals surface area contributed by atoms with Crippen molar-refractivity contribution in [2.75, 3.05) is 13.1 Å². The average molecular weight is 326 g/mol. The van der Waals surface area contributed by atoms with E-state index in [9.17, 15) is 18.0 Å². The van der Waals surface area contributed by atoms with Gasteiger partial charge in [0.2, 0.25) is 0 Å². The zero-order chi connectivity index (χ0) is 16.6. The summed E-state index contributed by atoms with van der Waals surface area (Å²) in [4.78, 5) is 23.3. The number of H-pyrrole nitrogens is 2. The monoisotopic (exact) mass is 326 g/mol. The van der Waals surface area contributed by atoms with Crippen molar-refractivity contribution in [3.8, 4) is 0 Å². The topological polar surface area (TPSA) is 64.8 Å². The van der Waals surface area contributed by atoms with Crippen LogP contribution in [0.5, 0.6) is 0 Å². The molecule has 8 heteroatoms. The minimum absolute atomic E-state index is 0.125. The Hall–Kier alpha value is -2.25. The molecular weight excluding hydrogens is 309 g/mol. The Morgan fingerprint density at radius 1 is 1.43 bits per heavy atom. The number of nitrogens with zero attached hydrogens (tertiary/aromatic N) is 2. The van der Waals surface area contributed by atoms with Crippen LogP contribution < -0.4 is 0 Å². The van der Waals surface area contributed by atoms with Crippen LogP contribution in [0.4, 0.5) is 13.2 Å². The molecule has 0 saturated carbocycles. The number of hydrogen-bond acceptors (Lipinski definition) is 2. The summed E-state index contributed by atoms with van der Waals surface area (Å²) in [5.41, 5.74) is 0.534. The van der Waals surface area contributed by atoms with Gasteiger partial charge in [0.25, 0.3) is 5.91 Å². The minimum Gasteiger partial charge on any atom is -0.357 e. The largest absolute Gasteiger partial charge is 0.432 e. The Bertz CT molecular complexity index is 704. The van der Waals surface area contributed by atoms with Crippen molar-refractivity contribution in [2.24, 2.45) is 0 Å². The number of nitrogens with one attached hydrogen (secondary N) is 2. The number of carbonyl (C=O) groups excluding carboxylic acids is 1. The number of piperidine rings is 1. The minimum atomic E-state index is -4.43. The van der Waals surface area contributed by atoms with Gasteiger partial charge in [-0.2, -0.15) is 13.2 Å². The second kappa shape index (κ2) is 5.75. The number of aromatic amines is 2. The number of likely N-dealkylation sites (tertiary alicyclic amines) is 1. The van der Waals surface area contributed by atoms with E-state index in [-0.39, 0.29) is 17.6 Å². The van der Waals surface area contributed by atoms with E-state index in [1.165, 1.54) is 0 Å². The van der Waals surface area contributed by atoms with Crippen LogP contribution in [0, 0.1) is 6.92 Å². The summed E-state index contributed by atoms with van der Waals surface area (Å²) < 4.78 is 38.0. The fourth-order valence-corrected chi connectivity index (χ4v) is 2.91. The number of hydrogen-bond donors (Lipinski definition) is 2. The summed E-state index contributed by atoms with van der Waals surface area (Å²) in [6, 6.07) is 1.82. The highest BCUT2D eigenvalue weighted by Crippen LogP contribution is 2.31. The van der Waals surface area contributed by atoms with Crippen molar-refractivity contribution in [1.82, 2.24) is 19.9 Å². The maximum atomic E-state index is 12.7. The molecule has 1 atom stereocenters. The van der Waals surface area contributed by atoms with E-state index in [2.05, 4.69) is 15.0 Å². The van der Waals surface area contributed by atoms with Crippen molar-refractivity contribution in [3.63, 3.8) is 0 Å². The predicted molar refractivity (Wildman–Crippen MR) is 77.0 cm³/mol. The lowest BCUT2D eigenvalue weighted by Gasteiger charge is -2.31. The summed E-state index contributed by atoms with van der Waals surface area (Å²) in [5.74, 6) is -0.0445. The van der Waals surface area contributed by atoms with Gasteiger partial charge in [-0.3, -0.25) is 4.79 Å². The predicted octanol–water partition coefficient (Wildman–Crippen LogP) is 3.08. The third-order valence-electron chi connectivity index (χ3n) is 4.17. The molecule has 0 bridgehead atoms. The standard InChI is InChI=1S/C15H17F3N4O/c1-9-4-5-19-12(9)14(23)22-6-2-3-10(8-22)13-20-7-11(21-13)15(16,17)18/h4-5,7,10,19H,2-3,6,8H2,1H3,(H,20,21)/t10-/m1/s1. The van der Waals surface area contributed by atoms with Crippen LogP contribution >= 0.6 is 0 Å². The zero-order valence-electron chi connectivity index (χ0n) is 12.6. The lowest BCUT2D eigenvalue weighted by Crippen LogP contribution is -2.39. The summed E-state index contributed by atoms with van der Waals surface area (Å²) in [6.45, 7) is 2.80. The molecule has 1 aliphatic rings. The van der Waals surface area contributed by atoms with Crippen molar-refractivity contribution < 1.29 is 18.0 Å². The van der Waals surface area contributed by atoms with Gasteiger partial charge in [-0.15, -0.1) is 0 Å². The van der Waals surface area contributed by atoms with E-state index >= 15 is 0 Å². The van der Waals surface area contributed by atoms with Crippen LogP contribution in [0.2, 0.25) is 0 Å². The average Bonchev–Trinajstić information content (AvgIpc) is 3.15. The van der Waals surface area contributed by atoms with Gasteiger partial charge in [0.05, 0.1) is 6.20 Å². The van der Waals surface area contributed by atoms with E-state index in [1.807, 2.05) is 13.0 Å². The van der Waals surface area contributed by atoms with Crippen LogP contribution in [-0.4, -0.2) is 38.8 Å². The van der Waals surface area contributed by atoms with Gasteiger partial charge in [0.15, 0.2) is 0 Å². The Kier molecular flexibility index (Phi) is 3.91. The highest BCUT2D eigenvalue weighted by atomic mass is 19.4. The van der Waals surface area contributed by atoms with Gasteiger partial charge in [-0.05, 0) is 31.4 Å². The zero-order valence-corrected chi connectivity index (χ0v) is 12.6. The van der Waals surface area contributed by atoms with Gasteiger partial charge < -0.3 is 14.9 Å². The van der Waals surface area contributed by atoms with E-state index in [1.54, 1.807) is 11.1 Å². The highest BCUT2D eigenvalue weighted by molar-refractivity contribution is 5.93. The number of rotatable bonds is 2.